The molecule has 2 amide bonds. The van der Waals surface area contributed by atoms with Crippen LogP contribution in [-0.4, -0.2) is 73.0 Å². The van der Waals surface area contributed by atoms with Gasteiger partial charge in [0.05, 0.1) is 17.8 Å². The van der Waals surface area contributed by atoms with Gasteiger partial charge in [-0.2, -0.15) is 10.1 Å². The number of carbonyl (C=O) groups excluding carboxylic acids is 1. The Kier molecular flexibility index (Phi) is 8.86. The maximum Gasteiger partial charge on any atom is 0.350 e. The summed E-state index contributed by atoms with van der Waals surface area (Å²) in [6.45, 7) is 5.01. The fourth-order valence-electron chi connectivity index (χ4n) is 4.76. The molecule has 41 heavy (non-hydrogen) atoms. The van der Waals surface area contributed by atoms with Gasteiger partial charge in [0.25, 0.3) is 0 Å². The SMILES string of the molecule is C[C@]1(c2ccc(Cl)cc2Cl)OC[C@@H](COc2ccc(N3CCN(N(/N=C\c4ccc(O)cc4)C(N)=O)CC3)cc2)O1. The zero-order valence-electron chi connectivity index (χ0n) is 22.5. The largest absolute Gasteiger partial charge is 0.508 e. The number of hydrazine groups is 1. The average molecular weight is 601 g/mol. The number of nitrogens with zero attached hydrogens (tertiary/aromatic N) is 4. The number of halogens is 2. The van der Waals surface area contributed by atoms with Crippen LogP contribution in [0.15, 0.2) is 71.8 Å². The summed E-state index contributed by atoms with van der Waals surface area (Å²) in [5, 5.41) is 17.7. The molecule has 0 aliphatic carbocycles. The summed E-state index contributed by atoms with van der Waals surface area (Å²) in [4.78, 5) is 14.3. The molecule has 216 valence electrons. The Balaban J connectivity index is 1.11. The van der Waals surface area contributed by atoms with E-state index in [-0.39, 0.29) is 11.9 Å². The van der Waals surface area contributed by atoms with E-state index in [1.807, 2.05) is 42.3 Å². The normalized spacial score (nSPS) is 21.3. The molecule has 0 saturated carbocycles. The smallest absolute Gasteiger partial charge is 0.350 e. The fraction of sp³-hybridized carbons (Fsp3) is 0.310. The van der Waals surface area contributed by atoms with Crippen molar-refractivity contribution < 1.29 is 24.1 Å². The van der Waals surface area contributed by atoms with E-state index in [1.165, 1.54) is 11.3 Å². The van der Waals surface area contributed by atoms with E-state index in [1.54, 1.807) is 36.4 Å². The molecule has 3 aromatic rings. The molecule has 2 fully saturated rings. The minimum Gasteiger partial charge on any atom is -0.508 e. The molecule has 2 atom stereocenters. The minimum absolute atomic E-state index is 0.158. The molecule has 2 saturated heterocycles. The van der Waals surface area contributed by atoms with E-state index < -0.39 is 11.8 Å². The lowest BCUT2D eigenvalue weighted by molar-refractivity contribution is -0.164. The van der Waals surface area contributed by atoms with Crippen molar-refractivity contribution in [2.75, 3.05) is 44.3 Å². The van der Waals surface area contributed by atoms with Crippen molar-refractivity contribution >= 4 is 41.1 Å². The highest BCUT2D eigenvalue weighted by Gasteiger charge is 2.40. The van der Waals surface area contributed by atoms with Crippen molar-refractivity contribution in [1.82, 2.24) is 10.1 Å². The molecule has 12 heteroatoms. The summed E-state index contributed by atoms with van der Waals surface area (Å²) in [6, 6.07) is 18.9. The number of benzene rings is 3. The van der Waals surface area contributed by atoms with E-state index >= 15 is 0 Å². The molecule has 2 heterocycles. The standard InChI is InChI=1S/C29H31Cl2N5O5/c1-29(26-11-4-21(30)16-27(26)31)40-19-25(41-29)18-39-24-9-5-22(6-10-24)34-12-14-35(15-13-34)36(28(32)38)33-17-20-2-7-23(37)8-3-20/h2-11,16-17,25,37H,12-15,18-19H2,1H3,(H2,32,38)/b33-17-/t25-,29+/m1/s1. The number of rotatable bonds is 8. The molecule has 0 bridgehead atoms. The average Bonchev–Trinajstić information content (AvgIpc) is 3.35. The molecule has 3 N–H and O–H groups in total. The van der Waals surface area contributed by atoms with Crippen LogP contribution in [0.25, 0.3) is 0 Å². The Morgan fingerprint density at radius 1 is 1.12 bits per heavy atom. The number of anilines is 1. The first kappa shape index (κ1) is 29.0. The van der Waals surface area contributed by atoms with Crippen molar-refractivity contribution in [2.24, 2.45) is 10.8 Å². The first-order chi connectivity index (χ1) is 19.7. The zero-order chi connectivity index (χ0) is 29.0. The summed E-state index contributed by atoms with van der Waals surface area (Å²) in [6.07, 6.45) is 1.27. The van der Waals surface area contributed by atoms with Crippen LogP contribution in [0, 0.1) is 0 Å². The number of hydrogen-bond acceptors (Lipinski definition) is 8. The predicted octanol–water partition coefficient (Wildman–Crippen LogP) is 4.82. The van der Waals surface area contributed by atoms with Crippen molar-refractivity contribution in [1.29, 1.82) is 0 Å². The molecular formula is C29H31Cl2N5O5. The van der Waals surface area contributed by atoms with Crippen LogP contribution in [0.2, 0.25) is 10.0 Å². The highest BCUT2D eigenvalue weighted by atomic mass is 35.5. The topological polar surface area (TPSA) is 113 Å². The van der Waals surface area contributed by atoms with E-state index in [0.717, 1.165) is 22.6 Å². The second-order valence-electron chi connectivity index (χ2n) is 9.83. The maximum atomic E-state index is 12.1. The summed E-state index contributed by atoms with van der Waals surface area (Å²) < 4.78 is 18.1. The van der Waals surface area contributed by atoms with Crippen LogP contribution in [-0.2, 0) is 15.3 Å². The molecule has 0 spiro atoms. The predicted molar refractivity (Wildman–Crippen MR) is 157 cm³/mol. The number of hydrogen-bond donors (Lipinski definition) is 2. The number of nitrogens with two attached hydrogens (primary N) is 1. The van der Waals surface area contributed by atoms with Crippen LogP contribution in [0.3, 0.4) is 0 Å². The van der Waals surface area contributed by atoms with Gasteiger partial charge in [0.2, 0.25) is 0 Å². The highest BCUT2D eigenvalue weighted by molar-refractivity contribution is 6.35. The minimum atomic E-state index is -0.970. The number of carbonyl (C=O) groups is 1. The molecule has 3 aromatic carbocycles. The lowest BCUT2D eigenvalue weighted by atomic mass is 10.1. The first-order valence-corrected chi connectivity index (χ1v) is 13.9. The van der Waals surface area contributed by atoms with Gasteiger partial charge in [0.15, 0.2) is 5.79 Å². The number of aromatic hydroxyl groups is 1. The van der Waals surface area contributed by atoms with Gasteiger partial charge in [-0.25, -0.2) is 4.79 Å². The summed E-state index contributed by atoms with van der Waals surface area (Å²) in [5.41, 5.74) is 8.09. The van der Waals surface area contributed by atoms with Crippen molar-refractivity contribution in [3.8, 4) is 11.5 Å². The van der Waals surface area contributed by atoms with Crippen molar-refractivity contribution in [2.45, 2.75) is 18.8 Å². The number of amides is 2. The summed E-state index contributed by atoms with van der Waals surface area (Å²) >= 11 is 12.4. The van der Waals surface area contributed by atoms with Gasteiger partial charge < -0.3 is 30.0 Å². The highest BCUT2D eigenvalue weighted by Crippen LogP contribution is 2.38. The molecule has 5 rings (SSSR count). The van der Waals surface area contributed by atoms with E-state index in [2.05, 4.69) is 10.0 Å². The third kappa shape index (κ3) is 7.03. The van der Waals surface area contributed by atoms with Crippen LogP contribution < -0.4 is 15.4 Å². The number of phenols is 1. The third-order valence-corrected chi connectivity index (χ3v) is 7.47. The number of urea groups is 1. The second-order valence-corrected chi connectivity index (χ2v) is 10.7. The van der Waals surface area contributed by atoms with Crippen molar-refractivity contribution in [3.05, 3.63) is 87.9 Å². The van der Waals surface area contributed by atoms with Gasteiger partial charge in [-0.05, 0) is 73.2 Å². The lowest BCUT2D eigenvalue weighted by Crippen LogP contribution is -2.55. The molecule has 0 unspecified atom stereocenters. The van der Waals surface area contributed by atoms with E-state index in [4.69, 9.17) is 43.1 Å². The lowest BCUT2D eigenvalue weighted by Gasteiger charge is -2.38. The molecule has 0 radical (unpaired) electrons. The second kappa shape index (κ2) is 12.5. The maximum absolute atomic E-state index is 12.1. The molecule has 2 aliphatic heterocycles. The number of hydrazone groups is 1. The summed E-state index contributed by atoms with van der Waals surface area (Å²) in [5.74, 6) is -0.0917. The van der Waals surface area contributed by atoms with Gasteiger partial charge in [-0.3, -0.25) is 0 Å². The number of primary amides is 1. The molecule has 10 nitrogen and oxygen atoms in total. The number of ether oxygens (including phenoxy) is 3. The molecular weight excluding hydrogens is 569 g/mol. The Morgan fingerprint density at radius 3 is 2.49 bits per heavy atom. The monoisotopic (exact) mass is 599 g/mol. The van der Waals surface area contributed by atoms with E-state index in [9.17, 15) is 9.90 Å². The number of phenolic OH excluding ortho intramolecular Hbond substituents is 1. The quantitative estimate of drug-likeness (QED) is 0.282. The fourth-order valence-corrected chi connectivity index (χ4v) is 5.34. The van der Waals surface area contributed by atoms with Crippen LogP contribution in [0.4, 0.5) is 10.5 Å². The first-order valence-electron chi connectivity index (χ1n) is 13.1. The zero-order valence-corrected chi connectivity index (χ0v) is 24.0. The summed E-state index contributed by atoms with van der Waals surface area (Å²) in [7, 11) is 0. The van der Waals surface area contributed by atoms with Gasteiger partial charge in [-0.1, -0.05) is 29.3 Å². The number of piperazine rings is 1. The van der Waals surface area contributed by atoms with Crippen molar-refractivity contribution in [3.63, 3.8) is 0 Å². The van der Waals surface area contributed by atoms with Gasteiger partial charge in [0.1, 0.15) is 24.2 Å². The molecule has 2 aliphatic rings. The van der Waals surface area contributed by atoms with Crippen LogP contribution >= 0.6 is 23.2 Å². The molecule has 0 aromatic heterocycles. The van der Waals surface area contributed by atoms with E-state index in [0.29, 0.717) is 49.4 Å². The Morgan fingerprint density at radius 2 is 1.83 bits per heavy atom. The van der Waals surface area contributed by atoms with Gasteiger partial charge in [-0.15, -0.1) is 5.12 Å². The Hall–Kier alpha value is -3.54. The Bertz CT molecular complexity index is 1380. The third-order valence-electron chi connectivity index (χ3n) is 6.92. The van der Waals surface area contributed by atoms with Gasteiger partial charge >= 0.3 is 6.03 Å². The van der Waals surface area contributed by atoms with Crippen LogP contribution in [0.1, 0.15) is 18.1 Å². The Labute approximate surface area is 248 Å². The van der Waals surface area contributed by atoms with Gasteiger partial charge in [0, 0.05) is 42.5 Å². The van der Waals surface area contributed by atoms with Crippen LogP contribution in [0.5, 0.6) is 11.5 Å².